The van der Waals surface area contributed by atoms with E-state index >= 15 is 0 Å². The van der Waals surface area contributed by atoms with Crippen LogP contribution >= 0.6 is 0 Å². The van der Waals surface area contributed by atoms with Gasteiger partial charge in [-0.25, -0.2) is 26.8 Å². The molecule has 0 radical (unpaired) electrons. The first-order valence-corrected chi connectivity index (χ1v) is 31.7. The van der Waals surface area contributed by atoms with Gasteiger partial charge in [-0.1, -0.05) is 12.1 Å². The number of aromatic nitrogens is 8. The van der Waals surface area contributed by atoms with Crippen LogP contribution in [0.25, 0.3) is 11.2 Å². The predicted molar refractivity (Wildman–Crippen MR) is 302 cm³/mol. The summed E-state index contributed by atoms with van der Waals surface area (Å²) in [5, 5.41) is 16.4. The van der Waals surface area contributed by atoms with Gasteiger partial charge >= 0.3 is 0 Å². The number of nitrogens with one attached hydrogen (secondary N) is 2. The van der Waals surface area contributed by atoms with E-state index in [1.165, 1.54) is 12.5 Å². The van der Waals surface area contributed by atoms with Crippen molar-refractivity contribution in [2.75, 3.05) is 56.2 Å². The lowest BCUT2D eigenvalue weighted by Gasteiger charge is -2.25. The van der Waals surface area contributed by atoms with Crippen LogP contribution in [0.1, 0.15) is 140 Å². The molecular formula is C58H69N11O9S2. The van der Waals surface area contributed by atoms with Gasteiger partial charge in [0.25, 0.3) is 0 Å². The summed E-state index contributed by atoms with van der Waals surface area (Å²) in [5.74, 6) is 0.803. The minimum Gasteiger partial charge on any atom is -0.374 e. The lowest BCUT2D eigenvalue weighted by Crippen LogP contribution is -2.19. The number of hydrogen-bond donors (Lipinski definition) is 2. The third-order valence-electron chi connectivity index (χ3n) is 15.6. The van der Waals surface area contributed by atoms with Gasteiger partial charge < -0.3 is 34.3 Å². The maximum atomic E-state index is 13.1. The van der Waals surface area contributed by atoms with Crippen LogP contribution in [-0.2, 0) is 88.9 Å². The molecule has 3 unspecified atom stereocenters. The molecule has 13 rings (SSSR count). The molecule has 6 aliphatic heterocycles. The van der Waals surface area contributed by atoms with Crippen LogP contribution in [0.4, 0.5) is 28.4 Å². The molecule has 7 aromatic rings. The average molecular weight is 1130 g/mol. The largest absolute Gasteiger partial charge is 0.374 e. The lowest BCUT2D eigenvalue weighted by atomic mass is 10.0. The van der Waals surface area contributed by atoms with Crippen molar-refractivity contribution in [2.45, 2.75) is 145 Å². The molecule has 2 aromatic carbocycles. The van der Waals surface area contributed by atoms with E-state index in [4.69, 9.17) is 53.8 Å². The Morgan fingerprint density at radius 3 is 1.64 bits per heavy atom. The number of aryl methyl sites for hydroxylation is 1. The van der Waals surface area contributed by atoms with Gasteiger partial charge in [-0.15, -0.1) is 0 Å². The standard InChI is InChI=1S/C31H38N6O5S.C27H31N5O4S/c1-20-32-30-26(34-25-10-9-21(15-28(25)43(2,38)39)27-7-3-5-12-41-27)18-22(16-23-17-24-19-40-14-11-36(24)35-23)33-31(30)37(20)29-8-4-6-13-42-29;1-17-11-23-27(28-17)24(15-19(29-23)13-20-14-21-16-35-10-8-32(21)31-20)30-22-7-6-18(12-26(22)37(2,33)34)25-5-3-4-9-36-25/h9-10,15,17-18,27,29H,3-8,11-14,16,19H2,1-2H3,(H,33,34);6-7,12,14-15,25H,3-5,8-11,13,16H2,1-2H3,(H,29,30). The molecule has 2 N–H and O–H groups in total. The Morgan fingerprint density at radius 1 is 0.575 bits per heavy atom. The second kappa shape index (κ2) is 22.9. The number of fused-ring (bicyclic) bond motifs is 4. The summed E-state index contributed by atoms with van der Waals surface area (Å²) in [6.45, 7) is 9.97. The summed E-state index contributed by atoms with van der Waals surface area (Å²) >= 11 is 0. The number of benzene rings is 2. The lowest BCUT2D eigenvalue weighted by molar-refractivity contribution is -0.0309. The second-order valence-corrected chi connectivity index (χ2v) is 25.8. The summed E-state index contributed by atoms with van der Waals surface area (Å²) in [7, 11) is -7.05. The van der Waals surface area contributed by atoms with Crippen molar-refractivity contribution < 1.29 is 40.5 Å². The smallest absolute Gasteiger partial charge is 0.177 e. The average Bonchev–Trinajstić information content (AvgIpc) is 4.33. The third-order valence-corrected chi connectivity index (χ3v) is 17.8. The molecule has 3 fully saturated rings. The molecule has 422 valence electrons. The normalized spacial score (nSPS) is 20.3. The molecular weight excluding hydrogens is 1060 g/mol. The minimum atomic E-state index is -3.55. The fourth-order valence-corrected chi connectivity index (χ4v) is 13.4. The van der Waals surface area contributed by atoms with Crippen LogP contribution in [0.5, 0.6) is 0 Å². The molecule has 3 atom stereocenters. The number of imidazole rings is 1. The molecule has 3 saturated heterocycles. The molecule has 22 heteroatoms. The molecule has 6 aliphatic rings. The fraction of sp³-hybridized carbons (Fsp3) is 0.483. The fourth-order valence-electron chi connectivity index (χ4n) is 11.7. The zero-order valence-corrected chi connectivity index (χ0v) is 47.5. The van der Waals surface area contributed by atoms with Crippen LogP contribution in [0.15, 0.2) is 75.4 Å². The molecule has 0 spiro atoms. The van der Waals surface area contributed by atoms with Crippen LogP contribution in [0.3, 0.4) is 0 Å². The quantitative estimate of drug-likeness (QED) is 0.109. The summed E-state index contributed by atoms with van der Waals surface area (Å²) < 4.78 is 87.0. The van der Waals surface area contributed by atoms with E-state index < -0.39 is 19.7 Å². The molecule has 0 amide bonds. The van der Waals surface area contributed by atoms with Gasteiger partial charge in [0, 0.05) is 63.0 Å². The molecule has 80 heavy (non-hydrogen) atoms. The van der Waals surface area contributed by atoms with Gasteiger partial charge in [-0.3, -0.25) is 23.9 Å². The minimum absolute atomic E-state index is 0.0709. The maximum Gasteiger partial charge on any atom is 0.177 e. The molecule has 11 heterocycles. The molecule has 0 saturated carbocycles. The van der Waals surface area contributed by atoms with Gasteiger partial charge in [-0.2, -0.15) is 10.2 Å². The number of rotatable bonds is 13. The number of anilines is 4. The van der Waals surface area contributed by atoms with E-state index in [1.54, 1.807) is 12.1 Å². The van der Waals surface area contributed by atoms with Gasteiger partial charge in [0.05, 0.1) is 118 Å². The van der Waals surface area contributed by atoms with Crippen molar-refractivity contribution in [1.82, 2.24) is 39.1 Å². The Morgan fingerprint density at radius 2 is 1.11 bits per heavy atom. The Kier molecular flexibility index (Phi) is 15.5. The Balaban J connectivity index is 0.000000161. The van der Waals surface area contributed by atoms with Gasteiger partial charge in [0.15, 0.2) is 25.3 Å². The van der Waals surface area contributed by atoms with Crippen LogP contribution in [-0.4, -0.2) is 107 Å². The van der Waals surface area contributed by atoms with E-state index in [0.29, 0.717) is 93.7 Å². The predicted octanol–water partition coefficient (Wildman–Crippen LogP) is 9.58. The first-order valence-electron chi connectivity index (χ1n) is 28.0. The van der Waals surface area contributed by atoms with E-state index in [-0.39, 0.29) is 28.2 Å². The van der Waals surface area contributed by atoms with Gasteiger partial charge in [-0.05, 0) is 131 Å². The Labute approximate surface area is 466 Å². The second-order valence-electron chi connectivity index (χ2n) is 21.8. The summed E-state index contributed by atoms with van der Waals surface area (Å²) in [6, 6.07) is 19.2. The highest BCUT2D eigenvalue weighted by molar-refractivity contribution is 7.91. The molecule has 5 aromatic heterocycles. The third kappa shape index (κ3) is 11.8. The van der Waals surface area contributed by atoms with Crippen molar-refractivity contribution in [3.63, 3.8) is 0 Å². The van der Waals surface area contributed by atoms with E-state index in [0.717, 1.165) is 145 Å². The first kappa shape index (κ1) is 54.2. The number of sulfone groups is 2. The molecule has 0 aliphatic carbocycles. The molecule has 0 bridgehead atoms. The number of aliphatic imine (C=N–C) groups is 1. The Hall–Kier alpha value is -6.40. The first-order chi connectivity index (χ1) is 38.7. The monoisotopic (exact) mass is 1130 g/mol. The van der Waals surface area contributed by atoms with E-state index in [9.17, 15) is 16.8 Å². The topological polar surface area (TPSA) is 230 Å². The van der Waals surface area contributed by atoms with Crippen molar-refractivity contribution >= 4 is 65.0 Å². The van der Waals surface area contributed by atoms with Crippen molar-refractivity contribution in [2.24, 2.45) is 4.99 Å². The van der Waals surface area contributed by atoms with E-state index in [2.05, 4.69) is 27.3 Å². The highest BCUT2D eigenvalue weighted by Gasteiger charge is 2.28. The highest BCUT2D eigenvalue weighted by Crippen LogP contribution is 2.41. The summed E-state index contributed by atoms with van der Waals surface area (Å²) in [5.41, 5.74) is 13.9. The van der Waals surface area contributed by atoms with Gasteiger partial charge in [0.1, 0.15) is 23.3 Å². The zero-order valence-electron chi connectivity index (χ0n) is 45.9. The van der Waals surface area contributed by atoms with Gasteiger partial charge in [0.2, 0.25) is 0 Å². The van der Waals surface area contributed by atoms with Crippen molar-refractivity contribution in [3.8, 4) is 0 Å². The van der Waals surface area contributed by atoms with Crippen LogP contribution in [0.2, 0.25) is 0 Å². The van der Waals surface area contributed by atoms with Crippen LogP contribution < -0.4 is 10.6 Å². The highest BCUT2D eigenvalue weighted by atomic mass is 32.2. The van der Waals surface area contributed by atoms with Crippen molar-refractivity contribution in [1.29, 1.82) is 0 Å². The van der Waals surface area contributed by atoms with E-state index in [1.807, 2.05) is 59.6 Å². The number of hydrogen-bond acceptors (Lipinski definition) is 17. The maximum absolute atomic E-state index is 13.1. The van der Waals surface area contributed by atoms with Crippen molar-refractivity contribution in [3.05, 3.63) is 117 Å². The number of ether oxygens (including phenoxy) is 5. The number of nitrogens with zero attached hydrogens (tertiary/aromatic N) is 9. The summed E-state index contributed by atoms with van der Waals surface area (Å²) in [4.78, 5) is 20.1. The Bertz CT molecular complexity index is 3670. The zero-order chi connectivity index (χ0) is 55.1. The molecule has 20 nitrogen and oxygen atoms in total. The number of pyridine rings is 2. The van der Waals surface area contributed by atoms with Crippen LogP contribution in [0, 0.1) is 6.92 Å². The summed E-state index contributed by atoms with van der Waals surface area (Å²) in [6.07, 6.45) is 12.9. The SMILES string of the molecule is CC1=Nc2c(Nc3ccc(C4CCCCO4)cc3S(C)(=O)=O)cc(Cc3cc4n(n3)CCOC4)nc2C1.Cc1nc2c(Nc3ccc(C4CCCCO4)cc3S(C)(=O)=O)cc(Cc3cc4n(n3)CCOC4)nc2n1C1CCCCO1.